The van der Waals surface area contributed by atoms with E-state index in [1.54, 1.807) is 18.1 Å². The number of carbonyl (C=O) groups excluding carboxylic acids is 2. The van der Waals surface area contributed by atoms with Crippen LogP contribution in [0.25, 0.3) is 0 Å². The molecule has 0 radical (unpaired) electrons. The zero-order chi connectivity index (χ0) is 26.4. The van der Waals surface area contributed by atoms with Crippen molar-refractivity contribution in [3.05, 3.63) is 69.3 Å². The number of aliphatic hydroxyl groups excluding tert-OH is 2. The number of rotatable bonds is 11. The number of para-hydroxylation sites is 1. The van der Waals surface area contributed by atoms with E-state index in [0.29, 0.717) is 24.3 Å². The average molecular weight is 620 g/mol. The molecule has 37 heavy (non-hydrogen) atoms. The SMILES string of the molecule is COc1cccc(CCN(C(=O)C2CC2)[C@@H]2CC(C(=O)NCCO)=C[C@H](Oc3ccccc3I)[C@H]2O)c1. The normalized spacial score (nSPS) is 21.1. The van der Waals surface area contributed by atoms with Gasteiger partial charge >= 0.3 is 0 Å². The second-order valence-corrected chi connectivity index (χ2v) is 10.5. The van der Waals surface area contributed by atoms with Gasteiger partial charge < -0.3 is 29.9 Å². The van der Waals surface area contributed by atoms with Gasteiger partial charge in [0.15, 0.2) is 0 Å². The molecule has 1 fully saturated rings. The molecule has 2 aliphatic rings. The topological polar surface area (TPSA) is 108 Å². The molecule has 2 amide bonds. The van der Waals surface area contributed by atoms with Crippen molar-refractivity contribution in [2.45, 2.75) is 43.9 Å². The van der Waals surface area contributed by atoms with E-state index < -0.39 is 18.2 Å². The third kappa shape index (κ3) is 7.03. The Kier molecular flexibility index (Phi) is 9.44. The maximum Gasteiger partial charge on any atom is 0.247 e. The van der Waals surface area contributed by atoms with Gasteiger partial charge in [-0.25, -0.2) is 0 Å². The highest BCUT2D eigenvalue weighted by Gasteiger charge is 2.43. The molecule has 9 heteroatoms. The molecule has 0 aromatic heterocycles. The summed E-state index contributed by atoms with van der Waals surface area (Å²) >= 11 is 2.16. The Morgan fingerprint density at radius 1 is 1.16 bits per heavy atom. The summed E-state index contributed by atoms with van der Waals surface area (Å²) in [7, 11) is 1.62. The first kappa shape index (κ1) is 27.4. The quantitative estimate of drug-likeness (QED) is 0.334. The molecule has 0 aliphatic heterocycles. The van der Waals surface area contributed by atoms with Gasteiger partial charge in [-0.1, -0.05) is 24.3 Å². The van der Waals surface area contributed by atoms with Crippen LogP contribution in [0.2, 0.25) is 0 Å². The Morgan fingerprint density at radius 3 is 2.65 bits per heavy atom. The third-order valence-corrected chi connectivity index (χ3v) is 7.59. The van der Waals surface area contributed by atoms with Gasteiger partial charge in [0.05, 0.1) is 23.3 Å². The highest BCUT2D eigenvalue weighted by Crippen LogP contribution is 2.35. The van der Waals surface area contributed by atoms with Crippen molar-refractivity contribution < 1.29 is 29.3 Å². The number of nitrogens with zero attached hydrogens (tertiary/aromatic N) is 1. The second-order valence-electron chi connectivity index (χ2n) is 9.35. The third-order valence-electron chi connectivity index (χ3n) is 6.70. The molecule has 2 aromatic carbocycles. The lowest BCUT2D eigenvalue weighted by Crippen LogP contribution is -2.56. The molecule has 0 bridgehead atoms. The van der Waals surface area contributed by atoms with Crippen LogP contribution in [-0.2, 0) is 16.0 Å². The number of hydrogen-bond donors (Lipinski definition) is 3. The van der Waals surface area contributed by atoms with Crippen LogP contribution in [0.5, 0.6) is 11.5 Å². The van der Waals surface area contributed by atoms with Crippen LogP contribution in [0, 0.1) is 9.49 Å². The predicted molar refractivity (Wildman–Crippen MR) is 147 cm³/mol. The van der Waals surface area contributed by atoms with Crippen LogP contribution < -0.4 is 14.8 Å². The lowest BCUT2D eigenvalue weighted by atomic mass is 9.87. The molecule has 2 aliphatic carbocycles. The Hall–Kier alpha value is -2.63. The van der Waals surface area contributed by atoms with Crippen LogP contribution in [0.4, 0.5) is 0 Å². The highest BCUT2D eigenvalue weighted by atomic mass is 127. The van der Waals surface area contributed by atoms with Crippen molar-refractivity contribution in [1.82, 2.24) is 10.2 Å². The summed E-state index contributed by atoms with van der Waals surface area (Å²) in [4.78, 5) is 28.1. The van der Waals surface area contributed by atoms with Gasteiger partial charge in [0.25, 0.3) is 0 Å². The minimum atomic E-state index is -1.03. The van der Waals surface area contributed by atoms with Gasteiger partial charge in [-0.05, 0) is 77.8 Å². The van der Waals surface area contributed by atoms with E-state index in [-0.39, 0.29) is 37.3 Å². The Balaban J connectivity index is 1.61. The minimum Gasteiger partial charge on any atom is -0.497 e. The molecule has 0 heterocycles. The van der Waals surface area contributed by atoms with Gasteiger partial charge in [-0.2, -0.15) is 0 Å². The van der Waals surface area contributed by atoms with Gasteiger partial charge in [0.2, 0.25) is 11.8 Å². The summed E-state index contributed by atoms with van der Waals surface area (Å²) < 4.78 is 12.4. The average Bonchev–Trinajstić information content (AvgIpc) is 3.76. The van der Waals surface area contributed by atoms with Gasteiger partial charge in [0, 0.05) is 31.0 Å². The standard InChI is InChI=1S/C28H33IN2O6/c1-36-21-6-4-5-18(15-21)11-13-31(28(35)19-9-10-19)23-16-20(27(34)30-12-14-32)17-25(26(23)33)37-24-8-3-2-7-22(24)29/h2-8,15,17,19,23,25-26,32-33H,9-14,16H2,1H3,(H,30,34)/t23-,25+,26+/m1/s1. The van der Waals surface area contributed by atoms with Crippen molar-refractivity contribution in [2.24, 2.45) is 5.92 Å². The number of halogens is 1. The first-order chi connectivity index (χ1) is 17.9. The van der Waals surface area contributed by atoms with Crippen molar-refractivity contribution in [2.75, 3.05) is 26.8 Å². The summed E-state index contributed by atoms with van der Waals surface area (Å²) in [5.41, 5.74) is 1.44. The van der Waals surface area contributed by atoms with Crippen LogP contribution in [0.1, 0.15) is 24.8 Å². The van der Waals surface area contributed by atoms with Crippen LogP contribution in [-0.4, -0.2) is 72.0 Å². The Labute approximate surface area is 230 Å². The molecule has 2 aromatic rings. The van der Waals surface area contributed by atoms with E-state index in [2.05, 4.69) is 27.9 Å². The van der Waals surface area contributed by atoms with Gasteiger partial charge in [-0.15, -0.1) is 0 Å². The van der Waals surface area contributed by atoms with E-state index in [9.17, 15) is 14.7 Å². The molecule has 4 rings (SSSR count). The lowest BCUT2D eigenvalue weighted by Gasteiger charge is -2.40. The van der Waals surface area contributed by atoms with Crippen LogP contribution in [0.15, 0.2) is 60.2 Å². The predicted octanol–water partition coefficient (Wildman–Crippen LogP) is 2.70. The van der Waals surface area contributed by atoms with Crippen LogP contribution in [0.3, 0.4) is 0 Å². The van der Waals surface area contributed by atoms with Crippen molar-refractivity contribution in [3.63, 3.8) is 0 Å². The fraction of sp³-hybridized carbons (Fsp3) is 0.429. The molecule has 3 N–H and O–H groups in total. The monoisotopic (exact) mass is 620 g/mol. The number of hydrogen-bond acceptors (Lipinski definition) is 6. The highest BCUT2D eigenvalue weighted by molar-refractivity contribution is 14.1. The summed E-state index contributed by atoms with van der Waals surface area (Å²) in [6.45, 7) is 0.331. The zero-order valence-corrected chi connectivity index (χ0v) is 23.0. The molecule has 0 spiro atoms. The number of benzene rings is 2. The van der Waals surface area contributed by atoms with Crippen LogP contribution >= 0.6 is 22.6 Å². The van der Waals surface area contributed by atoms with Crippen molar-refractivity contribution in [1.29, 1.82) is 0 Å². The lowest BCUT2D eigenvalue weighted by molar-refractivity contribution is -0.139. The number of nitrogens with one attached hydrogen (secondary N) is 1. The molecule has 0 unspecified atom stereocenters. The van der Waals surface area contributed by atoms with Crippen molar-refractivity contribution in [3.8, 4) is 11.5 Å². The van der Waals surface area contributed by atoms with Crippen molar-refractivity contribution >= 4 is 34.4 Å². The maximum atomic E-state index is 13.5. The number of aliphatic hydroxyl groups is 2. The first-order valence-corrected chi connectivity index (χ1v) is 13.6. The number of carbonyl (C=O) groups is 2. The fourth-order valence-electron chi connectivity index (χ4n) is 4.55. The second kappa shape index (κ2) is 12.7. The number of methoxy groups -OCH3 is 1. The van der Waals surface area contributed by atoms with Gasteiger partial charge in [-0.3, -0.25) is 9.59 Å². The molecule has 3 atom stereocenters. The van der Waals surface area contributed by atoms with E-state index in [4.69, 9.17) is 14.6 Å². The molecular formula is C28H33IN2O6. The first-order valence-electron chi connectivity index (χ1n) is 12.5. The van der Waals surface area contributed by atoms with E-state index in [1.165, 1.54) is 0 Å². The summed E-state index contributed by atoms with van der Waals surface area (Å²) in [6, 6.07) is 14.5. The molecular weight excluding hydrogens is 587 g/mol. The molecule has 0 saturated heterocycles. The molecule has 8 nitrogen and oxygen atoms in total. The summed E-state index contributed by atoms with van der Waals surface area (Å²) in [5, 5.41) is 23.4. The van der Waals surface area contributed by atoms with E-state index >= 15 is 0 Å². The Morgan fingerprint density at radius 2 is 1.95 bits per heavy atom. The number of amides is 2. The molecule has 198 valence electrons. The fourth-order valence-corrected chi connectivity index (χ4v) is 5.06. The Bertz CT molecular complexity index is 1140. The largest absolute Gasteiger partial charge is 0.497 e. The molecule has 1 saturated carbocycles. The van der Waals surface area contributed by atoms with Gasteiger partial charge in [0.1, 0.15) is 23.7 Å². The number of ether oxygens (including phenoxy) is 2. The maximum absolute atomic E-state index is 13.5. The zero-order valence-electron chi connectivity index (χ0n) is 20.8. The smallest absolute Gasteiger partial charge is 0.247 e. The van der Waals surface area contributed by atoms with E-state index in [0.717, 1.165) is 27.7 Å². The van der Waals surface area contributed by atoms with E-state index in [1.807, 2.05) is 48.5 Å². The summed E-state index contributed by atoms with van der Waals surface area (Å²) in [6.07, 6.45) is 2.23. The summed E-state index contributed by atoms with van der Waals surface area (Å²) in [5.74, 6) is 0.943. The minimum absolute atomic E-state index is 0.00277.